The third-order valence-corrected chi connectivity index (χ3v) is 2.41. The Kier molecular flexibility index (Phi) is 4.79. The van der Waals surface area contributed by atoms with Gasteiger partial charge in [0.25, 0.3) is 0 Å². The van der Waals surface area contributed by atoms with Crippen LogP contribution in [0.25, 0.3) is 0 Å². The molecule has 0 aliphatic rings. The van der Waals surface area contributed by atoms with E-state index in [1.165, 1.54) is 0 Å². The van der Waals surface area contributed by atoms with Crippen LogP contribution < -0.4 is 4.90 Å². The normalized spacial score (nSPS) is 10.1. The molecule has 2 N–H and O–H groups in total. The van der Waals surface area contributed by atoms with Gasteiger partial charge in [0.1, 0.15) is 5.75 Å². The van der Waals surface area contributed by atoms with E-state index in [1.54, 1.807) is 36.2 Å². The van der Waals surface area contributed by atoms with E-state index in [1.807, 2.05) is 0 Å². The Hall–Kier alpha value is -1.55. The Morgan fingerprint density at radius 1 is 1.25 bits per heavy atom. The van der Waals surface area contributed by atoms with Crippen molar-refractivity contribution in [2.45, 2.75) is 19.3 Å². The van der Waals surface area contributed by atoms with Gasteiger partial charge in [0.05, 0.1) is 0 Å². The lowest BCUT2D eigenvalue weighted by atomic mass is 10.2. The van der Waals surface area contributed by atoms with E-state index in [0.717, 1.165) is 5.69 Å². The molecule has 0 unspecified atom stereocenters. The van der Waals surface area contributed by atoms with Crippen LogP contribution in [-0.2, 0) is 4.79 Å². The average Bonchev–Trinajstić information content (AvgIpc) is 2.29. The number of rotatable bonds is 5. The van der Waals surface area contributed by atoms with Crippen molar-refractivity contribution in [3.63, 3.8) is 0 Å². The summed E-state index contributed by atoms with van der Waals surface area (Å²) in [6.45, 7) is 0.121. The van der Waals surface area contributed by atoms with Crippen LogP contribution in [-0.4, -0.2) is 29.8 Å². The number of aromatic hydroxyl groups is 1. The zero-order chi connectivity index (χ0) is 12.0. The molecular formula is C12H17NO3. The molecule has 0 spiro atoms. The van der Waals surface area contributed by atoms with Gasteiger partial charge in [-0.05, 0) is 37.1 Å². The SMILES string of the molecule is CN(C(=O)CCCCO)c1ccc(O)cc1. The van der Waals surface area contributed by atoms with Gasteiger partial charge in [0.15, 0.2) is 0 Å². The fraction of sp³-hybridized carbons (Fsp3) is 0.417. The molecule has 0 saturated carbocycles. The minimum absolute atomic E-state index is 0.0131. The molecule has 0 atom stereocenters. The van der Waals surface area contributed by atoms with Crippen LogP contribution in [0.15, 0.2) is 24.3 Å². The van der Waals surface area contributed by atoms with Gasteiger partial charge in [0, 0.05) is 25.8 Å². The van der Waals surface area contributed by atoms with Gasteiger partial charge < -0.3 is 15.1 Å². The molecule has 0 fully saturated rings. The highest BCUT2D eigenvalue weighted by Gasteiger charge is 2.09. The lowest BCUT2D eigenvalue weighted by Crippen LogP contribution is -2.25. The number of aliphatic hydroxyl groups excluding tert-OH is 1. The Morgan fingerprint density at radius 3 is 2.44 bits per heavy atom. The smallest absolute Gasteiger partial charge is 0.226 e. The molecule has 0 radical (unpaired) electrons. The van der Waals surface area contributed by atoms with Gasteiger partial charge in [-0.15, -0.1) is 0 Å². The highest BCUT2D eigenvalue weighted by atomic mass is 16.3. The second-order valence-electron chi connectivity index (χ2n) is 3.65. The molecule has 1 amide bonds. The zero-order valence-electron chi connectivity index (χ0n) is 9.39. The van der Waals surface area contributed by atoms with E-state index in [4.69, 9.17) is 10.2 Å². The van der Waals surface area contributed by atoms with E-state index < -0.39 is 0 Å². The van der Waals surface area contributed by atoms with Crippen molar-refractivity contribution in [3.05, 3.63) is 24.3 Å². The van der Waals surface area contributed by atoms with Crippen LogP contribution in [0, 0.1) is 0 Å². The maximum Gasteiger partial charge on any atom is 0.226 e. The number of phenols is 1. The number of anilines is 1. The summed E-state index contributed by atoms with van der Waals surface area (Å²) in [4.78, 5) is 13.2. The molecule has 0 saturated heterocycles. The minimum atomic E-state index is 0.0131. The number of phenolic OH excluding ortho intramolecular Hbond substituents is 1. The van der Waals surface area contributed by atoms with E-state index in [2.05, 4.69) is 0 Å². The van der Waals surface area contributed by atoms with E-state index in [9.17, 15) is 4.79 Å². The first kappa shape index (κ1) is 12.5. The Morgan fingerprint density at radius 2 is 1.88 bits per heavy atom. The fourth-order valence-electron chi connectivity index (χ4n) is 1.38. The van der Waals surface area contributed by atoms with Crippen molar-refractivity contribution in [3.8, 4) is 5.75 Å². The standard InChI is InChI=1S/C12H17NO3/c1-13(12(16)4-2-3-9-14)10-5-7-11(15)8-6-10/h5-8,14-15H,2-4,9H2,1H3. The molecule has 0 heterocycles. The molecule has 0 bridgehead atoms. The predicted molar refractivity (Wildman–Crippen MR) is 62.5 cm³/mol. The topological polar surface area (TPSA) is 60.8 Å². The van der Waals surface area contributed by atoms with Crippen LogP contribution in [0.1, 0.15) is 19.3 Å². The predicted octanol–water partition coefficient (Wildman–Crippen LogP) is 1.52. The van der Waals surface area contributed by atoms with Crippen molar-refractivity contribution in [1.82, 2.24) is 0 Å². The highest BCUT2D eigenvalue weighted by molar-refractivity contribution is 5.92. The summed E-state index contributed by atoms with van der Waals surface area (Å²) in [5.41, 5.74) is 0.756. The number of hydrogen-bond donors (Lipinski definition) is 2. The number of hydrogen-bond acceptors (Lipinski definition) is 3. The Labute approximate surface area is 95.1 Å². The van der Waals surface area contributed by atoms with Gasteiger partial charge >= 0.3 is 0 Å². The largest absolute Gasteiger partial charge is 0.508 e. The molecule has 4 nitrogen and oxygen atoms in total. The quantitative estimate of drug-likeness (QED) is 0.744. The molecular weight excluding hydrogens is 206 g/mol. The summed E-state index contributed by atoms with van der Waals surface area (Å²) in [6, 6.07) is 6.48. The highest BCUT2D eigenvalue weighted by Crippen LogP contribution is 2.18. The second-order valence-corrected chi connectivity index (χ2v) is 3.65. The van der Waals surface area contributed by atoms with Crippen LogP contribution >= 0.6 is 0 Å². The Bertz CT molecular complexity index is 335. The molecule has 16 heavy (non-hydrogen) atoms. The van der Waals surface area contributed by atoms with Gasteiger partial charge in [-0.3, -0.25) is 4.79 Å². The number of carbonyl (C=O) groups excluding carboxylic acids is 1. The summed E-state index contributed by atoms with van der Waals surface area (Å²) in [5, 5.41) is 17.7. The van der Waals surface area contributed by atoms with Crippen molar-refractivity contribution >= 4 is 11.6 Å². The van der Waals surface area contributed by atoms with Crippen molar-refractivity contribution in [2.75, 3.05) is 18.6 Å². The molecule has 4 heteroatoms. The first-order valence-corrected chi connectivity index (χ1v) is 5.31. The van der Waals surface area contributed by atoms with Crippen molar-refractivity contribution in [1.29, 1.82) is 0 Å². The lowest BCUT2D eigenvalue weighted by molar-refractivity contribution is -0.118. The number of amides is 1. The minimum Gasteiger partial charge on any atom is -0.508 e. The van der Waals surface area contributed by atoms with Crippen molar-refractivity contribution < 1.29 is 15.0 Å². The molecule has 1 aromatic rings. The molecule has 1 rings (SSSR count). The second kappa shape index (κ2) is 6.12. The number of benzene rings is 1. The number of unbranched alkanes of at least 4 members (excludes halogenated alkanes) is 1. The zero-order valence-corrected chi connectivity index (χ0v) is 9.39. The summed E-state index contributed by atoms with van der Waals surface area (Å²) in [7, 11) is 1.70. The maximum absolute atomic E-state index is 11.7. The summed E-state index contributed by atoms with van der Waals surface area (Å²) in [5.74, 6) is 0.198. The maximum atomic E-state index is 11.7. The lowest BCUT2D eigenvalue weighted by Gasteiger charge is -2.17. The molecule has 0 aliphatic carbocycles. The average molecular weight is 223 g/mol. The van der Waals surface area contributed by atoms with Crippen LogP contribution in [0.5, 0.6) is 5.75 Å². The summed E-state index contributed by atoms with van der Waals surface area (Å²) >= 11 is 0. The first-order valence-electron chi connectivity index (χ1n) is 5.31. The molecule has 0 aromatic heterocycles. The van der Waals surface area contributed by atoms with Gasteiger partial charge in [-0.1, -0.05) is 0 Å². The summed E-state index contributed by atoms with van der Waals surface area (Å²) in [6.07, 6.45) is 1.77. The number of nitrogens with zero attached hydrogens (tertiary/aromatic N) is 1. The van der Waals surface area contributed by atoms with Crippen molar-refractivity contribution in [2.24, 2.45) is 0 Å². The molecule has 0 aliphatic heterocycles. The van der Waals surface area contributed by atoms with E-state index >= 15 is 0 Å². The van der Waals surface area contributed by atoms with Crippen LogP contribution in [0.3, 0.4) is 0 Å². The molecule has 1 aromatic carbocycles. The number of aliphatic hydroxyl groups is 1. The number of carbonyl (C=O) groups is 1. The van der Waals surface area contributed by atoms with Crippen LogP contribution in [0.2, 0.25) is 0 Å². The van der Waals surface area contributed by atoms with Gasteiger partial charge in [-0.25, -0.2) is 0 Å². The van der Waals surface area contributed by atoms with E-state index in [0.29, 0.717) is 19.3 Å². The third-order valence-electron chi connectivity index (χ3n) is 2.41. The van der Waals surface area contributed by atoms with E-state index in [-0.39, 0.29) is 18.3 Å². The van der Waals surface area contributed by atoms with Gasteiger partial charge in [0.2, 0.25) is 5.91 Å². The van der Waals surface area contributed by atoms with Crippen LogP contribution in [0.4, 0.5) is 5.69 Å². The fourth-order valence-corrected chi connectivity index (χ4v) is 1.38. The first-order chi connectivity index (χ1) is 7.65. The third kappa shape index (κ3) is 3.55. The summed E-state index contributed by atoms with van der Waals surface area (Å²) < 4.78 is 0. The Balaban J connectivity index is 2.53. The monoisotopic (exact) mass is 223 g/mol. The molecule has 88 valence electrons. The van der Waals surface area contributed by atoms with Gasteiger partial charge in [-0.2, -0.15) is 0 Å².